The van der Waals surface area contributed by atoms with Gasteiger partial charge in [-0.2, -0.15) is 0 Å². The molecule has 0 spiro atoms. The second-order valence-electron chi connectivity index (χ2n) is 6.95. The highest BCUT2D eigenvalue weighted by molar-refractivity contribution is 7.13. The van der Waals surface area contributed by atoms with E-state index in [-0.39, 0.29) is 37.0 Å². The minimum atomic E-state index is -0.833. The number of carbonyl (C=O) groups excluding carboxylic acids is 2. The van der Waals surface area contributed by atoms with Gasteiger partial charge in [0.15, 0.2) is 10.9 Å². The van der Waals surface area contributed by atoms with Crippen molar-refractivity contribution < 1.29 is 23.8 Å². The molecule has 2 aromatic rings. The number of anilines is 1. The summed E-state index contributed by atoms with van der Waals surface area (Å²) in [5.41, 5.74) is -1.37. The number of rotatable bonds is 7. The highest BCUT2D eigenvalue weighted by Crippen LogP contribution is 2.41. The molecule has 0 atom stereocenters. The molecule has 29 heavy (non-hydrogen) atoms. The zero-order chi connectivity index (χ0) is 20.9. The Morgan fingerprint density at radius 2 is 2.07 bits per heavy atom. The standard InChI is InChI=1S/C19H23N3O6S/c1-12-10-13(23)16(26)17(28-12)19(3-7-27-8-4-19)11-15(25)20-5-2-14(24)22-18-21-6-9-29-18/h6,9-10,26H,2-5,7-8,11H2,1H3,(H,20,25)(H,21,22,24). The third-order valence-corrected chi connectivity index (χ3v) is 5.52. The maximum absolute atomic E-state index is 12.6. The molecular weight excluding hydrogens is 398 g/mol. The average Bonchev–Trinajstić information content (AvgIpc) is 3.18. The van der Waals surface area contributed by atoms with Crippen LogP contribution in [0.2, 0.25) is 0 Å². The largest absolute Gasteiger partial charge is 0.502 e. The van der Waals surface area contributed by atoms with E-state index in [1.807, 2.05) is 0 Å². The van der Waals surface area contributed by atoms with Gasteiger partial charge in [-0.15, -0.1) is 11.3 Å². The quantitative estimate of drug-likeness (QED) is 0.620. The molecule has 2 aromatic heterocycles. The molecule has 156 valence electrons. The van der Waals surface area contributed by atoms with Crippen molar-refractivity contribution in [1.82, 2.24) is 10.3 Å². The lowest BCUT2D eigenvalue weighted by molar-refractivity contribution is -0.123. The predicted molar refractivity (Wildman–Crippen MR) is 106 cm³/mol. The molecule has 0 radical (unpaired) electrons. The van der Waals surface area contributed by atoms with Crippen LogP contribution in [-0.4, -0.2) is 41.7 Å². The van der Waals surface area contributed by atoms with E-state index in [0.29, 0.717) is 36.9 Å². The Morgan fingerprint density at radius 1 is 1.31 bits per heavy atom. The number of aryl methyl sites for hydroxylation is 1. The summed E-state index contributed by atoms with van der Waals surface area (Å²) in [4.78, 5) is 40.5. The number of nitrogens with zero attached hydrogens (tertiary/aromatic N) is 1. The lowest BCUT2D eigenvalue weighted by atomic mass is 9.74. The molecule has 0 aliphatic carbocycles. The Hall–Kier alpha value is -2.72. The average molecular weight is 421 g/mol. The molecule has 9 nitrogen and oxygen atoms in total. The molecule has 0 saturated carbocycles. The van der Waals surface area contributed by atoms with E-state index < -0.39 is 16.6 Å². The van der Waals surface area contributed by atoms with E-state index in [1.54, 1.807) is 18.5 Å². The summed E-state index contributed by atoms with van der Waals surface area (Å²) in [5, 5.41) is 17.9. The number of aromatic hydroxyl groups is 1. The molecular formula is C19H23N3O6S. The SMILES string of the molecule is Cc1cc(=O)c(O)c(C2(CC(=O)NCCC(=O)Nc3nccs3)CCOCC2)o1. The van der Waals surface area contributed by atoms with E-state index in [9.17, 15) is 19.5 Å². The molecule has 0 aromatic carbocycles. The molecule has 3 N–H and O–H groups in total. The monoisotopic (exact) mass is 421 g/mol. The van der Waals surface area contributed by atoms with Crippen molar-refractivity contribution in [3.63, 3.8) is 0 Å². The molecule has 3 rings (SSSR count). The van der Waals surface area contributed by atoms with E-state index in [2.05, 4.69) is 15.6 Å². The summed E-state index contributed by atoms with van der Waals surface area (Å²) < 4.78 is 11.1. The third-order valence-electron chi connectivity index (χ3n) is 4.83. The Bertz CT molecular complexity index is 919. The number of ether oxygens (including phenoxy) is 1. The van der Waals surface area contributed by atoms with E-state index in [1.165, 1.54) is 17.4 Å². The molecule has 0 bridgehead atoms. The first-order valence-electron chi connectivity index (χ1n) is 9.28. The van der Waals surface area contributed by atoms with Crippen LogP contribution in [0.3, 0.4) is 0 Å². The van der Waals surface area contributed by atoms with Crippen LogP contribution in [0.25, 0.3) is 0 Å². The lowest BCUT2D eigenvalue weighted by Crippen LogP contribution is -2.40. The fraction of sp³-hybridized carbons (Fsp3) is 0.474. The minimum Gasteiger partial charge on any atom is -0.502 e. The van der Waals surface area contributed by atoms with E-state index >= 15 is 0 Å². The second kappa shape index (κ2) is 9.19. The van der Waals surface area contributed by atoms with Crippen LogP contribution < -0.4 is 16.1 Å². The Labute approximate surface area is 171 Å². The number of carbonyl (C=O) groups is 2. The zero-order valence-electron chi connectivity index (χ0n) is 16.0. The minimum absolute atomic E-state index is 0.0183. The summed E-state index contributed by atoms with van der Waals surface area (Å²) in [7, 11) is 0. The van der Waals surface area contributed by atoms with Crippen LogP contribution in [-0.2, 0) is 19.7 Å². The first kappa shape index (κ1) is 21.0. The van der Waals surface area contributed by atoms with Crippen molar-refractivity contribution in [2.45, 2.75) is 38.0 Å². The van der Waals surface area contributed by atoms with Crippen molar-refractivity contribution in [3.05, 3.63) is 39.4 Å². The maximum atomic E-state index is 12.6. The first-order valence-corrected chi connectivity index (χ1v) is 10.2. The van der Waals surface area contributed by atoms with Gasteiger partial charge in [0.2, 0.25) is 23.0 Å². The van der Waals surface area contributed by atoms with Gasteiger partial charge >= 0.3 is 0 Å². The summed E-state index contributed by atoms with van der Waals surface area (Å²) >= 11 is 1.31. The van der Waals surface area contributed by atoms with Crippen molar-refractivity contribution in [1.29, 1.82) is 0 Å². The number of hydrogen-bond acceptors (Lipinski definition) is 8. The van der Waals surface area contributed by atoms with Crippen molar-refractivity contribution in [2.24, 2.45) is 0 Å². The topological polar surface area (TPSA) is 131 Å². The van der Waals surface area contributed by atoms with E-state index in [0.717, 1.165) is 0 Å². The van der Waals surface area contributed by atoms with Gasteiger partial charge in [0, 0.05) is 55.7 Å². The van der Waals surface area contributed by atoms with Gasteiger partial charge in [0.1, 0.15) is 5.76 Å². The molecule has 0 unspecified atom stereocenters. The Balaban J connectivity index is 1.64. The molecule has 1 fully saturated rings. The van der Waals surface area contributed by atoms with E-state index in [4.69, 9.17) is 9.15 Å². The number of hydrogen-bond donors (Lipinski definition) is 3. The predicted octanol–water partition coefficient (Wildman–Crippen LogP) is 1.69. The summed E-state index contributed by atoms with van der Waals surface area (Å²) in [5.74, 6) is -0.510. The Kier molecular flexibility index (Phi) is 6.65. The van der Waals surface area contributed by atoms with Crippen LogP contribution in [0.1, 0.15) is 37.2 Å². The van der Waals surface area contributed by atoms with Crippen LogP contribution in [0.5, 0.6) is 5.75 Å². The van der Waals surface area contributed by atoms with Gasteiger partial charge in [0.05, 0.1) is 0 Å². The van der Waals surface area contributed by atoms with Gasteiger partial charge in [-0.05, 0) is 19.8 Å². The molecule has 10 heteroatoms. The van der Waals surface area contributed by atoms with Gasteiger partial charge in [0.25, 0.3) is 0 Å². The number of aromatic nitrogens is 1. The maximum Gasteiger partial charge on any atom is 0.227 e. The summed E-state index contributed by atoms with van der Waals surface area (Å²) in [6, 6.07) is 1.22. The van der Waals surface area contributed by atoms with Gasteiger partial charge in [-0.3, -0.25) is 14.4 Å². The number of nitrogens with one attached hydrogen (secondary N) is 2. The summed E-state index contributed by atoms with van der Waals surface area (Å²) in [6.07, 6.45) is 2.58. The molecule has 2 amide bonds. The Morgan fingerprint density at radius 3 is 2.76 bits per heavy atom. The third kappa shape index (κ3) is 5.21. The van der Waals surface area contributed by atoms with Gasteiger partial charge in [-0.1, -0.05) is 0 Å². The molecule has 1 aliphatic heterocycles. The number of thiazole rings is 1. The molecule has 3 heterocycles. The van der Waals surface area contributed by atoms with Crippen LogP contribution in [0.15, 0.2) is 26.9 Å². The fourth-order valence-corrected chi connectivity index (χ4v) is 3.91. The second-order valence-corrected chi connectivity index (χ2v) is 7.85. The van der Waals surface area contributed by atoms with Crippen molar-refractivity contribution in [3.8, 4) is 5.75 Å². The van der Waals surface area contributed by atoms with Gasteiger partial charge < -0.3 is 24.9 Å². The summed E-state index contributed by atoms with van der Waals surface area (Å²) in [6.45, 7) is 2.56. The van der Waals surface area contributed by atoms with Crippen LogP contribution in [0, 0.1) is 6.92 Å². The van der Waals surface area contributed by atoms with Crippen LogP contribution >= 0.6 is 11.3 Å². The molecule has 1 saturated heterocycles. The van der Waals surface area contributed by atoms with Crippen molar-refractivity contribution >= 4 is 28.3 Å². The van der Waals surface area contributed by atoms with Crippen LogP contribution in [0.4, 0.5) is 5.13 Å². The zero-order valence-corrected chi connectivity index (χ0v) is 16.8. The fourth-order valence-electron chi connectivity index (χ4n) is 3.36. The van der Waals surface area contributed by atoms with Gasteiger partial charge in [-0.25, -0.2) is 4.98 Å². The number of amides is 2. The normalized spacial score (nSPS) is 15.6. The smallest absolute Gasteiger partial charge is 0.227 e. The first-order chi connectivity index (χ1) is 13.9. The lowest BCUT2D eigenvalue weighted by Gasteiger charge is -2.35. The van der Waals surface area contributed by atoms with Crippen molar-refractivity contribution in [2.75, 3.05) is 25.1 Å². The molecule has 1 aliphatic rings. The highest BCUT2D eigenvalue weighted by atomic mass is 32.1. The highest BCUT2D eigenvalue weighted by Gasteiger charge is 2.41.